The molecular weight excluding hydrogens is 494 g/mol. The summed E-state index contributed by atoms with van der Waals surface area (Å²) in [6.07, 6.45) is 7.18. The summed E-state index contributed by atoms with van der Waals surface area (Å²) in [6.45, 7) is 1.57. The van der Waals surface area contributed by atoms with Gasteiger partial charge in [-0.25, -0.2) is 0 Å². The standard InChI is InChI=1S/C26H26ClN7O3/c1-17-6-11-22(37-17)25-30-32-33(31-25)16-23(35)34(21-9-7-19(27)8-10-21)24(18-12-14-28-15-13-18)26(36)29-20-4-2-3-5-20/h6-15,20,24H,2-5,16H2,1H3,(H,29,36). The lowest BCUT2D eigenvalue weighted by atomic mass is 10.0. The molecule has 0 aliphatic heterocycles. The molecule has 190 valence electrons. The highest BCUT2D eigenvalue weighted by atomic mass is 35.5. The molecule has 4 aromatic rings. The van der Waals surface area contributed by atoms with Crippen molar-refractivity contribution in [3.8, 4) is 11.6 Å². The van der Waals surface area contributed by atoms with Crippen LogP contribution in [-0.4, -0.2) is 43.0 Å². The van der Waals surface area contributed by atoms with Crippen molar-refractivity contribution in [1.82, 2.24) is 30.5 Å². The minimum Gasteiger partial charge on any atom is -0.458 e. The van der Waals surface area contributed by atoms with Crippen molar-refractivity contribution in [2.24, 2.45) is 0 Å². The molecule has 0 spiro atoms. The molecule has 1 aliphatic carbocycles. The van der Waals surface area contributed by atoms with Gasteiger partial charge < -0.3 is 9.73 Å². The highest BCUT2D eigenvalue weighted by Crippen LogP contribution is 2.30. The van der Waals surface area contributed by atoms with E-state index in [2.05, 4.69) is 25.7 Å². The van der Waals surface area contributed by atoms with Gasteiger partial charge in [0.1, 0.15) is 18.3 Å². The molecule has 1 atom stereocenters. The van der Waals surface area contributed by atoms with E-state index in [0.29, 0.717) is 27.8 Å². The van der Waals surface area contributed by atoms with Crippen LogP contribution in [-0.2, 0) is 16.1 Å². The third-order valence-electron chi connectivity index (χ3n) is 6.29. The summed E-state index contributed by atoms with van der Waals surface area (Å²) in [7, 11) is 0. The zero-order valence-electron chi connectivity index (χ0n) is 20.2. The lowest BCUT2D eigenvalue weighted by Gasteiger charge is -2.32. The van der Waals surface area contributed by atoms with E-state index in [4.69, 9.17) is 16.0 Å². The number of carbonyl (C=O) groups excluding carboxylic acids is 2. The summed E-state index contributed by atoms with van der Waals surface area (Å²) < 4.78 is 5.56. The predicted molar refractivity (Wildman–Crippen MR) is 137 cm³/mol. The molecule has 11 heteroatoms. The van der Waals surface area contributed by atoms with Crippen molar-refractivity contribution >= 4 is 29.1 Å². The van der Waals surface area contributed by atoms with E-state index >= 15 is 0 Å². The highest BCUT2D eigenvalue weighted by molar-refractivity contribution is 6.30. The molecule has 1 aliphatic rings. The van der Waals surface area contributed by atoms with Crippen molar-refractivity contribution < 1.29 is 14.0 Å². The summed E-state index contributed by atoms with van der Waals surface area (Å²) in [5.41, 5.74) is 1.15. The van der Waals surface area contributed by atoms with Crippen molar-refractivity contribution in [2.75, 3.05) is 4.90 Å². The number of halogens is 1. The fourth-order valence-electron chi connectivity index (χ4n) is 4.51. The Balaban J connectivity index is 1.49. The summed E-state index contributed by atoms with van der Waals surface area (Å²) >= 11 is 6.13. The van der Waals surface area contributed by atoms with Crippen molar-refractivity contribution in [2.45, 2.75) is 51.2 Å². The number of anilines is 1. The number of tetrazole rings is 1. The van der Waals surface area contributed by atoms with E-state index in [1.165, 1.54) is 9.70 Å². The van der Waals surface area contributed by atoms with Gasteiger partial charge in [0.25, 0.3) is 5.91 Å². The zero-order chi connectivity index (χ0) is 25.8. The van der Waals surface area contributed by atoms with Crippen LogP contribution in [0.25, 0.3) is 11.6 Å². The maximum absolute atomic E-state index is 13.8. The Hall–Kier alpha value is -4.05. The molecule has 10 nitrogen and oxygen atoms in total. The highest BCUT2D eigenvalue weighted by Gasteiger charge is 2.34. The van der Waals surface area contributed by atoms with Gasteiger partial charge in [-0.05, 0) is 79.1 Å². The summed E-state index contributed by atoms with van der Waals surface area (Å²) in [4.78, 5) is 34.3. The third kappa shape index (κ3) is 5.69. The smallest absolute Gasteiger partial charge is 0.251 e. The first-order valence-corrected chi connectivity index (χ1v) is 12.5. The molecule has 0 saturated heterocycles. The summed E-state index contributed by atoms with van der Waals surface area (Å²) in [5.74, 6) is 0.773. The van der Waals surface area contributed by atoms with Crippen LogP contribution in [0.5, 0.6) is 0 Å². The molecule has 1 N–H and O–H groups in total. The van der Waals surface area contributed by atoms with E-state index < -0.39 is 11.9 Å². The SMILES string of the molecule is Cc1ccc(-c2nnn(CC(=O)N(c3ccc(Cl)cc3)C(C(=O)NC3CCCC3)c3ccncc3)n2)o1. The fraction of sp³-hybridized carbons (Fsp3) is 0.308. The van der Waals surface area contributed by atoms with E-state index in [0.717, 1.165) is 25.7 Å². The summed E-state index contributed by atoms with van der Waals surface area (Å²) in [5, 5.41) is 16.0. The minimum atomic E-state index is -0.937. The monoisotopic (exact) mass is 519 g/mol. The topological polar surface area (TPSA) is 119 Å². The van der Waals surface area contributed by atoms with Gasteiger partial charge in [0, 0.05) is 29.1 Å². The maximum Gasteiger partial charge on any atom is 0.251 e. The molecule has 1 saturated carbocycles. The lowest BCUT2D eigenvalue weighted by molar-refractivity contribution is -0.127. The lowest BCUT2D eigenvalue weighted by Crippen LogP contribution is -2.47. The molecule has 1 aromatic carbocycles. The van der Waals surface area contributed by atoms with Gasteiger partial charge in [-0.3, -0.25) is 19.5 Å². The van der Waals surface area contributed by atoms with Crippen LogP contribution < -0.4 is 10.2 Å². The second-order valence-corrected chi connectivity index (χ2v) is 9.40. The Kier molecular flexibility index (Phi) is 7.27. The average molecular weight is 520 g/mol. The molecule has 0 bridgehead atoms. The van der Waals surface area contributed by atoms with Gasteiger partial charge in [-0.15, -0.1) is 10.2 Å². The number of hydrogen-bond acceptors (Lipinski definition) is 7. The number of benzene rings is 1. The molecule has 2 amide bonds. The second kappa shape index (κ2) is 10.9. The van der Waals surface area contributed by atoms with Crippen molar-refractivity contribution in [1.29, 1.82) is 0 Å². The van der Waals surface area contributed by atoms with Gasteiger partial charge >= 0.3 is 0 Å². The number of rotatable bonds is 8. The molecule has 3 aromatic heterocycles. The Morgan fingerprint density at radius 1 is 1.11 bits per heavy atom. The summed E-state index contributed by atoms with van der Waals surface area (Å²) in [6, 6.07) is 12.9. The van der Waals surface area contributed by atoms with Gasteiger partial charge in [0.05, 0.1) is 0 Å². The number of nitrogens with one attached hydrogen (secondary N) is 1. The molecule has 1 unspecified atom stereocenters. The number of hydrogen-bond donors (Lipinski definition) is 1. The first-order valence-electron chi connectivity index (χ1n) is 12.1. The quantitative estimate of drug-likeness (QED) is 0.372. The zero-order valence-corrected chi connectivity index (χ0v) is 21.0. The molecular formula is C26H26ClN7O3. The van der Waals surface area contributed by atoms with Gasteiger partial charge in [0.15, 0.2) is 5.76 Å². The Morgan fingerprint density at radius 3 is 2.51 bits per heavy atom. The van der Waals surface area contributed by atoms with Crippen LogP contribution >= 0.6 is 11.6 Å². The van der Waals surface area contributed by atoms with Gasteiger partial charge in [0.2, 0.25) is 11.7 Å². The van der Waals surface area contributed by atoms with Gasteiger partial charge in [-0.1, -0.05) is 24.4 Å². The Bertz CT molecular complexity index is 1360. The third-order valence-corrected chi connectivity index (χ3v) is 6.55. The number of furan rings is 1. The van der Waals surface area contributed by atoms with Crippen LogP contribution in [0.3, 0.4) is 0 Å². The van der Waals surface area contributed by atoms with Crippen LogP contribution in [0.4, 0.5) is 5.69 Å². The largest absolute Gasteiger partial charge is 0.458 e. The van der Waals surface area contributed by atoms with Crippen LogP contribution in [0.15, 0.2) is 65.3 Å². The number of nitrogens with zero attached hydrogens (tertiary/aromatic N) is 6. The fourth-order valence-corrected chi connectivity index (χ4v) is 4.64. The van der Waals surface area contributed by atoms with E-state index in [-0.39, 0.29) is 24.3 Å². The van der Waals surface area contributed by atoms with E-state index in [1.807, 2.05) is 6.92 Å². The number of pyridine rings is 1. The molecule has 1 fully saturated rings. The minimum absolute atomic E-state index is 0.0790. The normalized spacial score (nSPS) is 14.4. The van der Waals surface area contributed by atoms with E-state index in [9.17, 15) is 9.59 Å². The average Bonchev–Trinajstić information content (AvgIpc) is 3.66. The first-order chi connectivity index (χ1) is 18.0. The molecule has 5 rings (SSSR count). The van der Waals surface area contributed by atoms with Crippen LogP contribution in [0.1, 0.15) is 43.0 Å². The molecule has 37 heavy (non-hydrogen) atoms. The predicted octanol–water partition coefficient (Wildman–Crippen LogP) is 4.12. The van der Waals surface area contributed by atoms with Crippen molar-refractivity contribution in [3.05, 3.63) is 77.3 Å². The maximum atomic E-state index is 13.8. The Morgan fingerprint density at radius 2 is 1.84 bits per heavy atom. The molecule has 0 radical (unpaired) electrons. The van der Waals surface area contributed by atoms with Crippen LogP contribution in [0, 0.1) is 6.92 Å². The molecule has 3 heterocycles. The van der Waals surface area contributed by atoms with Gasteiger partial charge in [-0.2, -0.15) is 4.80 Å². The first kappa shape index (κ1) is 24.6. The van der Waals surface area contributed by atoms with Crippen molar-refractivity contribution in [3.63, 3.8) is 0 Å². The Labute approximate surface area is 218 Å². The van der Waals surface area contributed by atoms with E-state index in [1.54, 1.807) is 60.9 Å². The number of amides is 2. The number of aromatic nitrogens is 5. The number of aryl methyl sites for hydroxylation is 1. The number of carbonyl (C=O) groups is 2. The van der Waals surface area contributed by atoms with Crippen LogP contribution in [0.2, 0.25) is 5.02 Å². The second-order valence-electron chi connectivity index (χ2n) is 8.97.